The number of nitrogens with one attached hydrogen (secondary N) is 2. The second-order valence-electron chi connectivity index (χ2n) is 8.67. The monoisotopic (exact) mass is 543 g/mol. The third-order valence-electron chi connectivity index (χ3n) is 6.08. The number of halogens is 2. The zero-order valence-electron chi connectivity index (χ0n) is 20.6. The van der Waals surface area contributed by atoms with E-state index in [1.54, 1.807) is 41.1 Å². The van der Waals surface area contributed by atoms with Crippen molar-refractivity contribution >= 4 is 40.7 Å². The molecule has 0 radical (unpaired) electrons. The first-order chi connectivity index (χ1) is 18.3. The fourth-order valence-electron chi connectivity index (χ4n) is 4.30. The highest BCUT2D eigenvalue weighted by Crippen LogP contribution is 2.31. The van der Waals surface area contributed by atoms with Crippen molar-refractivity contribution in [3.05, 3.63) is 119 Å². The molecule has 2 aromatic heterocycles. The van der Waals surface area contributed by atoms with Gasteiger partial charge in [0.1, 0.15) is 11.6 Å². The minimum absolute atomic E-state index is 0.130. The maximum absolute atomic E-state index is 13.5. The van der Waals surface area contributed by atoms with Crippen molar-refractivity contribution in [2.45, 2.75) is 13.8 Å². The van der Waals surface area contributed by atoms with E-state index >= 15 is 0 Å². The second-order valence-corrected chi connectivity index (χ2v) is 9.52. The molecule has 0 bridgehead atoms. The van der Waals surface area contributed by atoms with Gasteiger partial charge in [-0.2, -0.15) is 5.10 Å². The molecule has 0 spiro atoms. The van der Waals surface area contributed by atoms with E-state index in [9.17, 15) is 9.18 Å². The number of rotatable bonds is 5. The number of nitrogens with zero attached hydrogens (tertiary/aromatic N) is 3. The van der Waals surface area contributed by atoms with Crippen LogP contribution in [0.2, 0.25) is 5.02 Å². The van der Waals surface area contributed by atoms with Crippen LogP contribution in [0.4, 0.5) is 10.2 Å². The second kappa shape index (κ2) is 10.6. The summed E-state index contributed by atoms with van der Waals surface area (Å²) in [6.07, 6.45) is 0. The summed E-state index contributed by atoms with van der Waals surface area (Å²) < 4.78 is 17.3. The lowest BCUT2D eigenvalue weighted by Crippen LogP contribution is -2.34. The molecule has 0 aliphatic carbocycles. The van der Waals surface area contributed by atoms with Gasteiger partial charge in [-0.15, -0.1) is 0 Å². The van der Waals surface area contributed by atoms with E-state index in [0.29, 0.717) is 22.1 Å². The highest BCUT2D eigenvalue weighted by Gasteiger charge is 2.19. The molecule has 2 heterocycles. The smallest absolute Gasteiger partial charge is 0.257 e. The topological polar surface area (TPSA) is 63.9 Å². The predicted molar refractivity (Wildman–Crippen MR) is 153 cm³/mol. The minimum atomic E-state index is -0.354. The molecule has 0 atom stereocenters. The van der Waals surface area contributed by atoms with Gasteiger partial charge in [-0.3, -0.25) is 10.1 Å². The van der Waals surface area contributed by atoms with Gasteiger partial charge in [0.2, 0.25) is 0 Å². The van der Waals surface area contributed by atoms with E-state index in [4.69, 9.17) is 28.9 Å². The molecule has 0 aliphatic rings. The van der Waals surface area contributed by atoms with Crippen LogP contribution in [0, 0.1) is 19.7 Å². The molecular formula is C29H23ClFN5OS. The quantitative estimate of drug-likeness (QED) is 0.238. The van der Waals surface area contributed by atoms with Crippen molar-refractivity contribution in [1.82, 2.24) is 19.7 Å². The van der Waals surface area contributed by atoms with Gasteiger partial charge in [-0.1, -0.05) is 29.8 Å². The molecule has 0 aliphatic heterocycles. The van der Waals surface area contributed by atoms with Crippen LogP contribution >= 0.6 is 23.8 Å². The first-order valence-corrected chi connectivity index (χ1v) is 12.6. The summed E-state index contributed by atoms with van der Waals surface area (Å²) in [7, 11) is 0. The first kappa shape index (κ1) is 25.4. The predicted octanol–water partition coefficient (Wildman–Crippen LogP) is 6.87. The Morgan fingerprint density at radius 2 is 1.61 bits per heavy atom. The summed E-state index contributed by atoms with van der Waals surface area (Å²) in [6, 6.07) is 26.5. The van der Waals surface area contributed by atoms with Crippen molar-refractivity contribution in [3.63, 3.8) is 0 Å². The van der Waals surface area contributed by atoms with Gasteiger partial charge in [-0.05, 0) is 92.8 Å². The highest BCUT2D eigenvalue weighted by atomic mass is 35.5. The molecule has 5 rings (SSSR count). The fraction of sp³-hybridized carbons (Fsp3) is 0.0690. The van der Waals surface area contributed by atoms with Crippen molar-refractivity contribution < 1.29 is 9.18 Å². The van der Waals surface area contributed by atoms with Crippen molar-refractivity contribution in [3.8, 4) is 22.6 Å². The highest BCUT2D eigenvalue weighted by molar-refractivity contribution is 7.80. The van der Waals surface area contributed by atoms with Crippen LogP contribution in [0.1, 0.15) is 21.7 Å². The van der Waals surface area contributed by atoms with Gasteiger partial charge in [0.25, 0.3) is 5.91 Å². The largest absolute Gasteiger partial charge is 0.318 e. The molecule has 6 nitrogen and oxygen atoms in total. The summed E-state index contributed by atoms with van der Waals surface area (Å²) in [5.41, 5.74) is 5.69. The number of carbonyl (C=O) groups excluding carboxylic acids is 1. The Balaban J connectivity index is 1.48. The van der Waals surface area contributed by atoms with Gasteiger partial charge in [0, 0.05) is 39.3 Å². The number of anilines is 1. The fourth-order valence-corrected chi connectivity index (χ4v) is 4.62. The van der Waals surface area contributed by atoms with Crippen LogP contribution in [0.5, 0.6) is 0 Å². The molecular weight excluding hydrogens is 521 g/mol. The molecule has 0 saturated carbocycles. The molecule has 0 saturated heterocycles. The lowest BCUT2D eigenvalue weighted by Gasteiger charge is -2.11. The van der Waals surface area contributed by atoms with E-state index in [0.717, 1.165) is 28.3 Å². The van der Waals surface area contributed by atoms with Crippen LogP contribution in [-0.4, -0.2) is 25.4 Å². The number of hydrogen-bond donors (Lipinski definition) is 2. The van der Waals surface area contributed by atoms with Gasteiger partial charge in [0.15, 0.2) is 5.11 Å². The van der Waals surface area contributed by atoms with Crippen molar-refractivity contribution in [2.75, 3.05) is 5.32 Å². The zero-order chi connectivity index (χ0) is 26.8. The van der Waals surface area contributed by atoms with Gasteiger partial charge < -0.3 is 9.88 Å². The van der Waals surface area contributed by atoms with E-state index in [1.807, 2.05) is 56.3 Å². The number of thiocarbonyl (C=S) groups is 1. The molecule has 0 fully saturated rings. The third kappa shape index (κ3) is 5.22. The summed E-state index contributed by atoms with van der Waals surface area (Å²) in [5, 5.41) is 11.4. The van der Waals surface area contributed by atoms with E-state index in [2.05, 4.69) is 15.2 Å². The SMILES string of the molecule is Cc1cc(-c2cc(NC(=S)NC(=O)c3ccc(Cl)cc3)n(-c3ccccc3)n2)c(C)n1-c1ccc(F)cc1. The van der Waals surface area contributed by atoms with Crippen LogP contribution in [-0.2, 0) is 0 Å². The molecule has 2 N–H and O–H groups in total. The molecule has 38 heavy (non-hydrogen) atoms. The Morgan fingerprint density at radius 1 is 0.921 bits per heavy atom. The molecule has 9 heteroatoms. The van der Waals surface area contributed by atoms with E-state index < -0.39 is 0 Å². The van der Waals surface area contributed by atoms with Gasteiger partial charge in [0.05, 0.1) is 11.4 Å². The zero-order valence-corrected chi connectivity index (χ0v) is 22.1. The van der Waals surface area contributed by atoms with E-state index in [-0.39, 0.29) is 16.8 Å². The lowest BCUT2D eigenvalue weighted by molar-refractivity contribution is 0.0977. The van der Waals surface area contributed by atoms with Crippen LogP contribution in [0.25, 0.3) is 22.6 Å². The standard InChI is InChI=1S/C29H23ClFN5OS/c1-18-16-25(19(2)35(18)23-14-12-22(31)13-15-23)26-17-27(36(34-26)24-6-4-3-5-7-24)32-29(38)33-28(37)20-8-10-21(30)11-9-20/h3-17H,1-2H3,(H2,32,33,37,38). The Morgan fingerprint density at radius 3 is 2.29 bits per heavy atom. The van der Waals surface area contributed by atoms with Gasteiger partial charge in [-0.25, -0.2) is 9.07 Å². The average molecular weight is 544 g/mol. The summed E-state index contributed by atoms with van der Waals surface area (Å²) >= 11 is 11.4. The lowest BCUT2D eigenvalue weighted by atomic mass is 10.2. The summed E-state index contributed by atoms with van der Waals surface area (Å²) in [6.45, 7) is 3.99. The number of carbonyl (C=O) groups is 1. The molecule has 0 unspecified atom stereocenters. The van der Waals surface area contributed by atoms with E-state index in [1.165, 1.54) is 12.1 Å². The number of aromatic nitrogens is 3. The maximum atomic E-state index is 13.5. The van der Waals surface area contributed by atoms with Crippen molar-refractivity contribution in [2.24, 2.45) is 0 Å². The van der Waals surface area contributed by atoms with Gasteiger partial charge >= 0.3 is 0 Å². The Kier molecular flexibility index (Phi) is 7.09. The number of aryl methyl sites for hydroxylation is 1. The number of benzene rings is 3. The summed E-state index contributed by atoms with van der Waals surface area (Å²) in [4.78, 5) is 12.6. The van der Waals surface area contributed by atoms with Crippen LogP contribution in [0.15, 0.2) is 91.0 Å². The average Bonchev–Trinajstić information content (AvgIpc) is 3.45. The Hall–Kier alpha value is -4.27. The van der Waals surface area contributed by atoms with Crippen LogP contribution < -0.4 is 10.6 Å². The van der Waals surface area contributed by atoms with Crippen LogP contribution in [0.3, 0.4) is 0 Å². The first-order valence-electron chi connectivity index (χ1n) is 11.8. The Labute approximate surface area is 229 Å². The normalized spacial score (nSPS) is 10.8. The number of hydrogen-bond acceptors (Lipinski definition) is 3. The molecule has 1 amide bonds. The molecule has 190 valence electrons. The van der Waals surface area contributed by atoms with Crippen molar-refractivity contribution in [1.29, 1.82) is 0 Å². The third-order valence-corrected chi connectivity index (χ3v) is 6.53. The number of para-hydroxylation sites is 1. The number of amides is 1. The maximum Gasteiger partial charge on any atom is 0.257 e. The summed E-state index contributed by atoms with van der Waals surface area (Å²) in [5.74, 6) is -0.0555. The molecule has 3 aromatic carbocycles. The minimum Gasteiger partial charge on any atom is -0.318 e. The Bertz CT molecular complexity index is 1630. The molecule has 5 aromatic rings.